The molecule has 1 aliphatic heterocycles. The highest BCUT2D eigenvalue weighted by Gasteiger charge is 2.29. The minimum Gasteiger partial charge on any atom is -0.381 e. The highest BCUT2D eigenvalue weighted by atomic mass is 16.5. The van der Waals surface area contributed by atoms with Gasteiger partial charge in [0.05, 0.1) is 0 Å². The molecule has 3 N–H and O–H groups in total. The molecule has 0 spiro atoms. The van der Waals surface area contributed by atoms with Gasteiger partial charge in [-0.25, -0.2) is 0 Å². The van der Waals surface area contributed by atoms with Crippen LogP contribution in [0.1, 0.15) is 44.9 Å². The van der Waals surface area contributed by atoms with Crippen molar-refractivity contribution in [3.05, 3.63) is 0 Å². The van der Waals surface area contributed by atoms with Gasteiger partial charge in [-0.3, -0.25) is 0 Å². The van der Waals surface area contributed by atoms with E-state index in [0.29, 0.717) is 0 Å². The summed E-state index contributed by atoms with van der Waals surface area (Å²) in [5.74, 6) is 0.990. The predicted octanol–water partition coefficient (Wildman–Crippen LogP) is 1.66. The van der Waals surface area contributed by atoms with Crippen molar-refractivity contribution in [3.63, 3.8) is 0 Å². The van der Waals surface area contributed by atoms with Crippen molar-refractivity contribution in [2.45, 2.75) is 50.5 Å². The van der Waals surface area contributed by atoms with Gasteiger partial charge in [-0.1, -0.05) is 19.3 Å². The lowest BCUT2D eigenvalue weighted by Gasteiger charge is -2.34. The van der Waals surface area contributed by atoms with Crippen LogP contribution in [-0.4, -0.2) is 31.8 Å². The van der Waals surface area contributed by atoms with E-state index in [1.807, 2.05) is 0 Å². The van der Waals surface area contributed by atoms with Crippen molar-refractivity contribution in [2.24, 2.45) is 11.7 Å². The molecule has 16 heavy (non-hydrogen) atoms. The van der Waals surface area contributed by atoms with Gasteiger partial charge < -0.3 is 15.8 Å². The molecule has 94 valence electrons. The molecule has 0 aromatic heterocycles. The van der Waals surface area contributed by atoms with E-state index in [9.17, 15) is 0 Å². The Morgan fingerprint density at radius 3 is 2.75 bits per heavy atom. The SMILES string of the molecule is NCC1(NCCC2CCC2)CCCOCC1. The molecule has 0 radical (unpaired) electrons. The summed E-state index contributed by atoms with van der Waals surface area (Å²) in [6.45, 7) is 3.67. The molecule has 1 heterocycles. The Balaban J connectivity index is 1.73. The molecule has 2 fully saturated rings. The largest absolute Gasteiger partial charge is 0.381 e. The summed E-state index contributed by atoms with van der Waals surface area (Å²) >= 11 is 0. The van der Waals surface area contributed by atoms with Crippen LogP contribution in [-0.2, 0) is 4.74 Å². The lowest BCUT2D eigenvalue weighted by molar-refractivity contribution is 0.136. The lowest BCUT2D eigenvalue weighted by Crippen LogP contribution is -2.52. The standard InChI is InChI=1S/C13H26N2O/c14-11-13(6-2-9-16-10-7-13)15-8-5-12-3-1-4-12/h12,15H,1-11,14H2. The normalized spacial score (nSPS) is 32.1. The number of nitrogens with one attached hydrogen (secondary N) is 1. The van der Waals surface area contributed by atoms with E-state index >= 15 is 0 Å². The van der Waals surface area contributed by atoms with Crippen LogP contribution in [0.2, 0.25) is 0 Å². The second-order valence-electron chi connectivity index (χ2n) is 5.46. The smallest absolute Gasteiger partial charge is 0.0484 e. The molecule has 3 nitrogen and oxygen atoms in total. The summed E-state index contributed by atoms with van der Waals surface area (Å²) < 4.78 is 5.52. The quantitative estimate of drug-likeness (QED) is 0.749. The van der Waals surface area contributed by atoms with Crippen LogP contribution in [0.4, 0.5) is 0 Å². The summed E-state index contributed by atoms with van der Waals surface area (Å²) in [6.07, 6.45) is 9.07. The second-order valence-corrected chi connectivity index (χ2v) is 5.46. The minimum atomic E-state index is 0.167. The van der Waals surface area contributed by atoms with E-state index in [2.05, 4.69) is 5.32 Å². The minimum absolute atomic E-state index is 0.167. The third-order valence-corrected chi connectivity index (χ3v) is 4.34. The average Bonchev–Trinajstić information content (AvgIpc) is 2.48. The molecular formula is C13H26N2O. The fraction of sp³-hybridized carbons (Fsp3) is 1.00. The van der Waals surface area contributed by atoms with Crippen LogP contribution in [0.25, 0.3) is 0 Å². The highest BCUT2D eigenvalue weighted by molar-refractivity contribution is 4.90. The Morgan fingerprint density at radius 2 is 2.06 bits per heavy atom. The van der Waals surface area contributed by atoms with Gasteiger partial charge in [-0.05, 0) is 38.1 Å². The third-order valence-electron chi connectivity index (χ3n) is 4.34. The lowest BCUT2D eigenvalue weighted by atomic mass is 9.82. The monoisotopic (exact) mass is 226 g/mol. The van der Waals surface area contributed by atoms with Gasteiger partial charge >= 0.3 is 0 Å². The zero-order valence-electron chi connectivity index (χ0n) is 10.3. The van der Waals surface area contributed by atoms with Gasteiger partial charge in [0.25, 0.3) is 0 Å². The second kappa shape index (κ2) is 5.99. The first-order valence-electron chi connectivity index (χ1n) is 6.87. The van der Waals surface area contributed by atoms with Crippen molar-refractivity contribution in [1.82, 2.24) is 5.32 Å². The van der Waals surface area contributed by atoms with Gasteiger partial charge in [0, 0.05) is 25.3 Å². The van der Waals surface area contributed by atoms with Gasteiger partial charge in [0.1, 0.15) is 0 Å². The molecule has 0 bridgehead atoms. The topological polar surface area (TPSA) is 47.3 Å². The van der Waals surface area contributed by atoms with Crippen molar-refractivity contribution in [2.75, 3.05) is 26.3 Å². The Hall–Kier alpha value is -0.120. The summed E-state index contributed by atoms with van der Waals surface area (Å²) in [6, 6.07) is 0. The predicted molar refractivity (Wildman–Crippen MR) is 66.4 cm³/mol. The van der Waals surface area contributed by atoms with Gasteiger partial charge in [0.15, 0.2) is 0 Å². The number of hydrogen-bond donors (Lipinski definition) is 2. The molecule has 0 aromatic rings. The van der Waals surface area contributed by atoms with Gasteiger partial charge in [-0.2, -0.15) is 0 Å². The Labute approximate surface area is 99.1 Å². The van der Waals surface area contributed by atoms with Crippen molar-refractivity contribution < 1.29 is 4.74 Å². The zero-order valence-corrected chi connectivity index (χ0v) is 10.3. The van der Waals surface area contributed by atoms with Crippen LogP contribution in [0.5, 0.6) is 0 Å². The number of nitrogens with two attached hydrogens (primary N) is 1. The van der Waals surface area contributed by atoms with Crippen molar-refractivity contribution in [1.29, 1.82) is 0 Å². The molecule has 0 amide bonds. The van der Waals surface area contributed by atoms with Gasteiger partial charge in [0.2, 0.25) is 0 Å². The first-order valence-corrected chi connectivity index (χ1v) is 6.87. The molecule has 1 aliphatic carbocycles. The number of rotatable bonds is 5. The van der Waals surface area contributed by atoms with Crippen LogP contribution in [0.3, 0.4) is 0 Å². The maximum absolute atomic E-state index is 5.95. The first kappa shape index (κ1) is 12.3. The third kappa shape index (κ3) is 3.19. The van der Waals surface area contributed by atoms with E-state index in [4.69, 9.17) is 10.5 Å². The molecule has 3 heteroatoms. The summed E-state index contributed by atoms with van der Waals surface area (Å²) in [5.41, 5.74) is 6.12. The van der Waals surface area contributed by atoms with E-state index in [1.54, 1.807) is 0 Å². The van der Waals surface area contributed by atoms with Crippen LogP contribution < -0.4 is 11.1 Å². The fourth-order valence-electron chi connectivity index (χ4n) is 2.78. The summed E-state index contributed by atoms with van der Waals surface area (Å²) in [5, 5.41) is 3.72. The molecule has 0 aromatic carbocycles. The van der Waals surface area contributed by atoms with Crippen molar-refractivity contribution >= 4 is 0 Å². The molecule has 1 atom stereocenters. The van der Waals surface area contributed by atoms with Crippen LogP contribution >= 0.6 is 0 Å². The molecule has 1 saturated heterocycles. The molecule has 1 saturated carbocycles. The first-order chi connectivity index (χ1) is 7.85. The molecular weight excluding hydrogens is 200 g/mol. The van der Waals surface area contributed by atoms with E-state index in [1.165, 1.54) is 32.1 Å². The summed E-state index contributed by atoms with van der Waals surface area (Å²) in [4.78, 5) is 0. The Kier molecular flexibility index (Phi) is 4.62. The Bertz CT molecular complexity index is 196. The molecule has 2 rings (SSSR count). The van der Waals surface area contributed by atoms with Crippen molar-refractivity contribution in [3.8, 4) is 0 Å². The molecule has 1 unspecified atom stereocenters. The van der Waals surface area contributed by atoms with Crippen LogP contribution in [0, 0.1) is 5.92 Å². The average molecular weight is 226 g/mol. The number of ether oxygens (including phenoxy) is 1. The Morgan fingerprint density at radius 1 is 1.19 bits per heavy atom. The maximum atomic E-state index is 5.95. The van der Waals surface area contributed by atoms with E-state index in [-0.39, 0.29) is 5.54 Å². The van der Waals surface area contributed by atoms with E-state index in [0.717, 1.165) is 45.1 Å². The number of hydrogen-bond acceptors (Lipinski definition) is 3. The van der Waals surface area contributed by atoms with Crippen LogP contribution in [0.15, 0.2) is 0 Å². The maximum Gasteiger partial charge on any atom is 0.0484 e. The van der Waals surface area contributed by atoms with E-state index < -0.39 is 0 Å². The molecule has 2 aliphatic rings. The summed E-state index contributed by atoms with van der Waals surface area (Å²) in [7, 11) is 0. The highest BCUT2D eigenvalue weighted by Crippen LogP contribution is 2.29. The van der Waals surface area contributed by atoms with Gasteiger partial charge in [-0.15, -0.1) is 0 Å². The zero-order chi connectivity index (χ0) is 11.3. The fourth-order valence-corrected chi connectivity index (χ4v) is 2.78.